The topological polar surface area (TPSA) is 43.9 Å². The van der Waals surface area contributed by atoms with Crippen molar-refractivity contribution in [1.82, 2.24) is 14.7 Å². The van der Waals surface area contributed by atoms with E-state index in [1.54, 1.807) is 4.90 Å². The molecule has 1 spiro atoms. The van der Waals surface area contributed by atoms with Gasteiger partial charge in [-0.05, 0) is 43.3 Å². The Labute approximate surface area is 162 Å². The minimum absolute atomic E-state index is 0.0470. The number of piperidine rings is 1. The quantitative estimate of drug-likeness (QED) is 0.662. The lowest BCUT2D eigenvalue weighted by Crippen LogP contribution is -2.58. The summed E-state index contributed by atoms with van der Waals surface area (Å²) >= 11 is 2.04. The van der Waals surface area contributed by atoms with Crippen molar-refractivity contribution < 1.29 is 9.59 Å². The van der Waals surface area contributed by atoms with Crippen molar-refractivity contribution in [1.29, 1.82) is 0 Å². The van der Waals surface area contributed by atoms with Crippen LogP contribution in [0, 0.1) is 11.8 Å². The lowest BCUT2D eigenvalue weighted by atomic mass is 9.84. The van der Waals surface area contributed by atoms with Gasteiger partial charge in [-0.15, -0.1) is 0 Å². The Morgan fingerprint density at radius 2 is 1.81 bits per heavy atom. The van der Waals surface area contributed by atoms with Gasteiger partial charge < -0.3 is 4.90 Å². The zero-order valence-corrected chi connectivity index (χ0v) is 17.7. The molecular formula is C20H35N3O2S. The number of likely N-dealkylation sites (tertiary alicyclic amines) is 1. The fraction of sp³-hybridized carbons (Fsp3) is 0.900. The number of hydrogen-bond donors (Lipinski definition) is 0. The van der Waals surface area contributed by atoms with E-state index in [1.807, 2.05) is 16.7 Å². The Hall–Kier alpha value is -0.750. The molecule has 0 aromatic carbocycles. The van der Waals surface area contributed by atoms with E-state index in [4.69, 9.17) is 0 Å². The molecule has 26 heavy (non-hydrogen) atoms. The van der Waals surface area contributed by atoms with E-state index in [2.05, 4.69) is 32.6 Å². The smallest absolute Gasteiger partial charge is 0.309 e. The molecule has 0 saturated carbocycles. The van der Waals surface area contributed by atoms with Crippen LogP contribution in [0.1, 0.15) is 53.4 Å². The van der Waals surface area contributed by atoms with Crippen LogP contribution >= 0.6 is 11.8 Å². The monoisotopic (exact) mass is 381 g/mol. The van der Waals surface area contributed by atoms with Crippen LogP contribution in [0.4, 0.5) is 4.79 Å². The summed E-state index contributed by atoms with van der Waals surface area (Å²) in [5.41, 5.74) is -0.580. The number of rotatable bonds is 6. The van der Waals surface area contributed by atoms with Crippen molar-refractivity contribution in [2.45, 2.75) is 65.0 Å². The van der Waals surface area contributed by atoms with E-state index in [9.17, 15) is 9.59 Å². The van der Waals surface area contributed by atoms with Crippen LogP contribution in [-0.4, -0.2) is 75.9 Å². The standard InChI is InChI=1S/C20H35N3O2S/c1-15(2)5-9-23-19(25)22(13-16(3)4)18(24)20(23)7-10-21(11-8-20)17-6-12-26-14-17/h15-17H,5-14H2,1-4H3/t17-/m0/s1. The predicted molar refractivity (Wildman–Crippen MR) is 107 cm³/mol. The van der Waals surface area contributed by atoms with Gasteiger partial charge >= 0.3 is 6.03 Å². The molecule has 0 N–H and O–H groups in total. The van der Waals surface area contributed by atoms with Crippen LogP contribution in [0.2, 0.25) is 0 Å². The Balaban J connectivity index is 1.77. The maximum Gasteiger partial charge on any atom is 0.327 e. The van der Waals surface area contributed by atoms with Crippen molar-refractivity contribution in [3.63, 3.8) is 0 Å². The van der Waals surface area contributed by atoms with E-state index >= 15 is 0 Å². The molecule has 3 heterocycles. The van der Waals surface area contributed by atoms with Crippen LogP contribution in [-0.2, 0) is 4.79 Å². The van der Waals surface area contributed by atoms with Gasteiger partial charge in [-0.3, -0.25) is 14.6 Å². The normalized spacial score (nSPS) is 26.9. The average molecular weight is 382 g/mol. The molecule has 0 radical (unpaired) electrons. The Kier molecular flexibility index (Phi) is 6.22. The second-order valence-electron chi connectivity index (χ2n) is 9.01. The first-order valence-electron chi connectivity index (χ1n) is 10.3. The van der Waals surface area contributed by atoms with Crippen molar-refractivity contribution in [3.8, 4) is 0 Å². The first-order chi connectivity index (χ1) is 12.3. The lowest BCUT2D eigenvalue weighted by Gasteiger charge is -2.44. The Bertz CT molecular complexity index is 523. The van der Waals surface area contributed by atoms with Gasteiger partial charge in [-0.1, -0.05) is 27.7 Å². The summed E-state index contributed by atoms with van der Waals surface area (Å²) in [6.45, 7) is 11.6. The molecule has 5 nitrogen and oxygen atoms in total. The number of amides is 3. The van der Waals surface area contributed by atoms with Gasteiger partial charge in [-0.25, -0.2) is 4.79 Å². The highest BCUT2D eigenvalue weighted by molar-refractivity contribution is 7.99. The molecule has 0 unspecified atom stereocenters. The number of urea groups is 1. The molecule has 0 bridgehead atoms. The summed E-state index contributed by atoms with van der Waals surface area (Å²) in [5, 5.41) is 0. The zero-order valence-electron chi connectivity index (χ0n) is 16.9. The van der Waals surface area contributed by atoms with Crippen LogP contribution < -0.4 is 0 Å². The molecule has 3 amide bonds. The molecule has 3 saturated heterocycles. The summed E-state index contributed by atoms with van der Waals surface area (Å²) in [7, 11) is 0. The van der Waals surface area contributed by atoms with Crippen molar-refractivity contribution >= 4 is 23.7 Å². The minimum atomic E-state index is -0.580. The van der Waals surface area contributed by atoms with Gasteiger partial charge in [0.05, 0.1) is 0 Å². The van der Waals surface area contributed by atoms with E-state index in [0.717, 1.165) is 32.4 Å². The van der Waals surface area contributed by atoms with Gasteiger partial charge in [0.1, 0.15) is 5.54 Å². The number of hydrogen-bond acceptors (Lipinski definition) is 4. The highest BCUT2D eigenvalue weighted by atomic mass is 32.2. The molecule has 3 aliphatic heterocycles. The van der Waals surface area contributed by atoms with Crippen molar-refractivity contribution in [3.05, 3.63) is 0 Å². The highest BCUT2D eigenvalue weighted by Gasteiger charge is 2.57. The van der Waals surface area contributed by atoms with Gasteiger partial charge in [-0.2, -0.15) is 11.8 Å². The molecule has 6 heteroatoms. The molecule has 3 aliphatic rings. The third kappa shape index (κ3) is 3.77. The Morgan fingerprint density at radius 3 is 2.35 bits per heavy atom. The van der Waals surface area contributed by atoms with E-state index in [1.165, 1.54) is 17.9 Å². The molecule has 3 fully saturated rings. The van der Waals surface area contributed by atoms with Gasteiger partial charge in [0.2, 0.25) is 0 Å². The van der Waals surface area contributed by atoms with Crippen molar-refractivity contribution in [2.75, 3.05) is 37.7 Å². The second kappa shape index (κ2) is 8.09. The van der Waals surface area contributed by atoms with Crippen LogP contribution in [0.25, 0.3) is 0 Å². The number of thioether (sulfide) groups is 1. The number of nitrogens with zero attached hydrogens (tertiary/aromatic N) is 3. The summed E-state index contributed by atoms with van der Waals surface area (Å²) in [5.74, 6) is 3.38. The first-order valence-corrected chi connectivity index (χ1v) is 11.5. The zero-order chi connectivity index (χ0) is 18.9. The first kappa shape index (κ1) is 20.0. The van der Waals surface area contributed by atoms with Gasteiger partial charge in [0.25, 0.3) is 5.91 Å². The number of carbonyl (C=O) groups is 2. The molecule has 0 aliphatic carbocycles. The highest BCUT2D eigenvalue weighted by Crippen LogP contribution is 2.39. The summed E-state index contributed by atoms with van der Waals surface area (Å²) in [4.78, 5) is 32.5. The van der Waals surface area contributed by atoms with E-state index in [0.29, 0.717) is 31.0 Å². The van der Waals surface area contributed by atoms with E-state index in [-0.39, 0.29) is 11.9 Å². The SMILES string of the molecule is CC(C)CCN1C(=O)N(CC(C)C)C(=O)C12CCN([C@H]1CCSC1)CC2. The maximum atomic E-state index is 13.4. The minimum Gasteiger partial charge on any atom is -0.309 e. The second-order valence-corrected chi connectivity index (χ2v) is 10.2. The molecule has 0 aromatic rings. The van der Waals surface area contributed by atoms with E-state index < -0.39 is 5.54 Å². The summed E-state index contributed by atoms with van der Waals surface area (Å²) in [6.07, 6.45) is 3.82. The van der Waals surface area contributed by atoms with Gasteiger partial charge in [0.15, 0.2) is 0 Å². The van der Waals surface area contributed by atoms with Crippen LogP contribution in [0.3, 0.4) is 0 Å². The molecule has 1 atom stereocenters. The summed E-state index contributed by atoms with van der Waals surface area (Å²) < 4.78 is 0. The third-order valence-electron chi connectivity index (χ3n) is 6.15. The number of carbonyl (C=O) groups excluding carboxylic acids is 2. The van der Waals surface area contributed by atoms with Crippen molar-refractivity contribution in [2.24, 2.45) is 11.8 Å². The average Bonchev–Trinajstić information content (AvgIpc) is 3.18. The molecule has 148 valence electrons. The number of imide groups is 1. The summed E-state index contributed by atoms with van der Waals surface area (Å²) in [6, 6.07) is 0.620. The third-order valence-corrected chi connectivity index (χ3v) is 7.29. The van der Waals surface area contributed by atoms with Crippen LogP contribution in [0.5, 0.6) is 0 Å². The predicted octanol–water partition coefficient (Wildman–Crippen LogP) is 3.29. The fourth-order valence-electron chi connectivity index (χ4n) is 4.56. The fourth-order valence-corrected chi connectivity index (χ4v) is 5.81. The van der Waals surface area contributed by atoms with Crippen LogP contribution in [0.15, 0.2) is 0 Å². The molecule has 3 rings (SSSR count). The lowest BCUT2D eigenvalue weighted by molar-refractivity contribution is -0.136. The van der Waals surface area contributed by atoms with Gasteiger partial charge in [0, 0.05) is 38.0 Å². The largest absolute Gasteiger partial charge is 0.327 e. The molecular weight excluding hydrogens is 346 g/mol. The Morgan fingerprint density at radius 1 is 1.12 bits per heavy atom. The maximum absolute atomic E-state index is 13.4. The molecule has 0 aromatic heterocycles.